The van der Waals surface area contributed by atoms with Crippen molar-refractivity contribution in [3.8, 4) is 0 Å². The third kappa shape index (κ3) is 4.23. The molecule has 2 heterocycles. The second-order valence-electron chi connectivity index (χ2n) is 9.18. The molecule has 1 atom stereocenters. The first kappa shape index (κ1) is 19.7. The molecule has 0 aromatic heterocycles. The van der Waals surface area contributed by atoms with Crippen molar-refractivity contribution in [1.82, 2.24) is 4.90 Å². The number of carbonyl (C=O) groups is 3. The van der Waals surface area contributed by atoms with Crippen LogP contribution in [-0.4, -0.2) is 47.5 Å². The quantitative estimate of drug-likeness (QED) is 0.846. The molecule has 2 aliphatic heterocycles. The zero-order chi connectivity index (χ0) is 20.8. The highest BCUT2D eigenvalue weighted by molar-refractivity contribution is 6.01. The van der Waals surface area contributed by atoms with Crippen molar-refractivity contribution in [2.24, 2.45) is 5.92 Å². The standard InChI is InChI=1S/C22H29N3O4/c1-22(2,3)29-21(28)25-11-4-5-17(25)19(26)23-16-9-8-14-10-12-24(18(14)13-16)20(27)15-6-7-15/h8-9,13,15,17H,4-7,10-12H2,1-3H3,(H,23,26). The molecule has 2 fully saturated rings. The van der Waals surface area contributed by atoms with Gasteiger partial charge in [0.25, 0.3) is 0 Å². The molecule has 7 nitrogen and oxygen atoms in total. The molecule has 3 amide bonds. The van der Waals surface area contributed by atoms with Crippen molar-refractivity contribution in [3.63, 3.8) is 0 Å². The lowest BCUT2D eigenvalue weighted by Crippen LogP contribution is -2.45. The number of amides is 3. The second-order valence-corrected chi connectivity index (χ2v) is 9.18. The predicted molar refractivity (Wildman–Crippen MR) is 110 cm³/mol. The Balaban J connectivity index is 1.45. The first-order valence-corrected chi connectivity index (χ1v) is 10.5. The van der Waals surface area contributed by atoms with Gasteiger partial charge in [0.1, 0.15) is 11.6 Å². The monoisotopic (exact) mass is 399 g/mol. The lowest BCUT2D eigenvalue weighted by atomic mass is 10.1. The molecule has 7 heteroatoms. The van der Waals surface area contributed by atoms with E-state index in [2.05, 4.69) is 5.32 Å². The van der Waals surface area contributed by atoms with Crippen molar-refractivity contribution in [3.05, 3.63) is 23.8 Å². The van der Waals surface area contributed by atoms with E-state index < -0.39 is 17.7 Å². The van der Waals surface area contributed by atoms with Gasteiger partial charge in [-0.3, -0.25) is 14.5 Å². The highest BCUT2D eigenvalue weighted by Gasteiger charge is 2.38. The van der Waals surface area contributed by atoms with Crippen LogP contribution in [0.25, 0.3) is 0 Å². The lowest BCUT2D eigenvalue weighted by molar-refractivity contribution is -0.120. The molecule has 1 aliphatic carbocycles. The number of anilines is 2. The van der Waals surface area contributed by atoms with Gasteiger partial charge in [-0.15, -0.1) is 0 Å². The van der Waals surface area contributed by atoms with E-state index in [1.165, 1.54) is 4.90 Å². The average Bonchev–Trinajstić information content (AvgIpc) is 3.22. The summed E-state index contributed by atoms with van der Waals surface area (Å²) >= 11 is 0. The molecule has 0 radical (unpaired) electrons. The number of carbonyl (C=O) groups excluding carboxylic acids is 3. The molecule has 4 rings (SSSR count). The minimum Gasteiger partial charge on any atom is -0.444 e. The zero-order valence-corrected chi connectivity index (χ0v) is 17.4. The van der Waals surface area contributed by atoms with E-state index in [1.54, 1.807) is 0 Å². The van der Waals surface area contributed by atoms with Gasteiger partial charge in [-0.25, -0.2) is 4.79 Å². The van der Waals surface area contributed by atoms with Crippen LogP contribution >= 0.6 is 0 Å². The molecule has 3 aliphatic rings. The maximum atomic E-state index is 12.9. The van der Waals surface area contributed by atoms with Crippen LogP contribution in [-0.2, 0) is 20.7 Å². The summed E-state index contributed by atoms with van der Waals surface area (Å²) in [5.74, 6) is 0.144. The van der Waals surface area contributed by atoms with Gasteiger partial charge in [-0.2, -0.15) is 0 Å². The number of fused-ring (bicyclic) bond motifs is 1. The van der Waals surface area contributed by atoms with Crippen LogP contribution in [0.1, 0.15) is 52.0 Å². The summed E-state index contributed by atoms with van der Waals surface area (Å²) in [5.41, 5.74) is 2.08. The van der Waals surface area contributed by atoms with Gasteiger partial charge in [-0.1, -0.05) is 6.07 Å². The Morgan fingerprint density at radius 2 is 1.86 bits per heavy atom. The molecule has 156 valence electrons. The number of ether oxygens (including phenoxy) is 1. The number of nitrogens with zero attached hydrogens (tertiary/aromatic N) is 2. The SMILES string of the molecule is CC(C)(C)OC(=O)N1CCCC1C(=O)Nc1ccc2c(c1)N(C(=O)C1CC1)CC2. The molecular formula is C22H29N3O4. The summed E-state index contributed by atoms with van der Waals surface area (Å²) in [6.07, 6.45) is 3.72. The van der Waals surface area contributed by atoms with Crippen molar-refractivity contribution < 1.29 is 19.1 Å². The largest absolute Gasteiger partial charge is 0.444 e. The molecule has 1 aromatic carbocycles. The Morgan fingerprint density at radius 1 is 1.10 bits per heavy atom. The maximum Gasteiger partial charge on any atom is 0.410 e. The Bertz CT molecular complexity index is 841. The van der Waals surface area contributed by atoms with E-state index in [-0.39, 0.29) is 17.7 Å². The smallest absolute Gasteiger partial charge is 0.410 e. The van der Waals surface area contributed by atoms with E-state index in [4.69, 9.17) is 4.74 Å². The van der Waals surface area contributed by atoms with Crippen molar-refractivity contribution in [1.29, 1.82) is 0 Å². The summed E-state index contributed by atoms with van der Waals surface area (Å²) in [6, 6.07) is 5.19. The third-order valence-corrected chi connectivity index (χ3v) is 5.62. The molecule has 1 N–H and O–H groups in total. The fraction of sp³-hybridized carbons (Fsp3) is 0.591. The Morgan fingerprint density at radius 3 is 2.55 bits per heavy atom. The predicted octanol–water partition coefficient (Wildman–Crippen LogP) is 3.32. The summed E-state index contributed by atoms with van der Waals surface area (Å²) in [4.78, 5) is 41.2. The minimum absolute atomic E-state index is 0.167. The minimum atomic E-state index is -0.599. The fourth-order valence-electron chi connectivity index (χ4n) is 4.04. The van der Waals surface area contributed by atoms with Gasteiger partial charge in [0, 0.05) is 30.4 Å². The number of rotatable bonds is 3. The molecule has 1 saturated carbocycles. The van der Waals surface area contributed by atoms with Crippen molar-refractivity contribution in [2.45, 2.75) is 64.5 Å². The lowest BCUT2D eigenvalue weighted by Gasteiger charge is -2.28. The van der Waals surface area contributed by atoms with Crippen LogP contribution in [0.5, 0.6) is 0 Å². The highest BCUT2D eigenvalue weighted by atomic mass is 16.6. The van der Waals surface area contributed by atoms with Gasteiger partial charge < -0.3 is 15.0 Å². The Hall–Kier alpha value is -2.57. The molecule has 29 heavy (non-hydrogen) atoms. The second kappa shape index (κ2) is 7.35. The fourth-order valence-corrected chi connectivity index (χ4v) is 4.04. The van der Waals surface area contributed by atoms with Gasteiger partial charge in [0.15, 0.2) is 0 Å². The van der Waals surface area contributed by atoms with Crippen molar-refractivity contribution >= 4 is 29.3 Å². The summed E-state index contributed by atoms with van der Waals surface area (Å²) < 4.78 is 5.44. The van der Waals surface area contributed by atoms with Gasteiger partial charge in [-0.05, 0) is 70.6 Å². The molecule has 1 saturated heterocycles. The molecule has 1 unspecified atom stereocenters. The summed E-state index contributed by atoms with van der Waals surface area (Å²) in [5, 5.41) is 2.94. The molecular weight excluding hydrogens is 370 g/mol. The highest BCUT2D eigenvalue weighted by Crippen LogP contribution is 2.37. The number of hydrogen-bond donors (Lipinski definition) is 1. The van der Waals surface area contributed by atoms with E-state index in [0.717, 1.165) is 36.9 Å². The Labute approximate surface area is 171 Å². The number of nitrogens with one attached hydrogen (secondary N) is 1. The van der Waals surface area contributed by atoms with Gasteiger partial charge in [0.2, 0.25) is 11.8 Å². The normalized spacial score (nSPS) is 21.1. The molecule has 0 bridgehead atoms. The van der Waals surface area contributed by atoms with E-state index in [0.29, 0.717) is 25.2 Å². The zero-order valence-electron chi connectivity index (χ0n) is 17.4. The van der Waals surface area contributed by atoms with Crippen LogP contribution in [0.3, 0.4) is 0 Å². The third-order valence-electron chi connectivity index (χ3n) is 5.62. The summed E-state index contributed by atoms with van der Waals surface area (Å²) in [6.45, 7) is 6.66. The summed E-state index contributed by atoms with van der Waals surface area (Å²) in [7, 11) is 0. The van der Waals surface area contributed by atoms with Crippen LogP contribution in [0.4, 0.5) is 16.2 Å². The Kier molecular flexibility index (Phi) is 5.00. The van der Waals surface area contributed by atoms with Crippen LogP contribution in [0.15, 0.2) is 18.2 Å². The molecule has 1 aromatic rings. The van der Waals surface area contributed by atoms with Crippen LogP contribution in [0, 0.1) is 5.92 Å². The van der Waals surface area contributed by atoms with E-state index >= 15 is 0 Å². The first-order valence-electron chi connectivity index (χ1n) is 10.5. The van der Waals surface area contributed by atoms with Gasteiger partial charge in [0.05, 0.1) is 0 Å². The number of benzene rings is 1. The first-order chi connectivity index (χ1) is 13.7. The van der Waals surface area contributed by atoms with Gasteiger partial charge >= 0.3 is 6.09 Å². The van der Waals surface area contributed by atoms with Crippen molar-refractivity contribution in [2.75, 3.05) is 23.3 Å². The molecule has 0 spiro atoms. The van der Waals surface area contributed by atoms with Crippen LogP contribution < -0.4 is 10.2 Å². The number of hydrogen-bond acceptors (Lipinski definition) is 4. The maximum absolute atomic E-state index is 12.9. The van der Waals surface area contributed by atoms with Crippen LogP contribution in [0.2, 0.25) is 0 Å². The topological polar surface area (TPSA) is 79.0 Å². The van der Waals surface area contributed by atoms with E-state index in [9.17, 15) is 14.4 Å². The average molecular weight is 399 g/mol. The van der Waals surface area contributed by atoms with E-state index in [1.807, 2.05) is 43.9 Å². The number of likely N-dealkylation sites (tertiary alicyclic amines) is 1.